The van der Waals surface area contributed by atoms with Crippen LogP contribution in [0, 0.1) is 0 Å². The van der Waals surface area contributed by atoms with Crippen molar-refractivity contribution in [1.29, 1.82) is 0 Å². The molecule has 0 aliphatic rings. The van der Waals surface area contributed by atoms with E-state index < -0.39 is 23.9 Å². The summed E-state index contributed by atoms with van der Waals surface area (Å²) in [5.41, 5.74) is 1.06. The van der Waals surface area contributed by atoms with Crippen LogP contribution < -0.4 is 28.7 Å². The maximum absolute atomic E-state index is 13.0. The van der Waals surface area contributed by atoms with E-state index in [4.69, 9.17) is 48.0 Å². The van der Waals surface area contributed by atoms with E-state index in [1.807, 2.05) is 18.2 Å². The highest BCUT2D eigenvalue weighted by atomic mass is 17.2. The molecule has 0 atom stereocenters. The van der Waals surface area contributed by atoms with Crippen LogP contribution in [0.3, 0.4) is 0 Å². The molecule has 0 saturated carbocycles. The van der Waals surface area contributed by atoms with E-state index in [-0.39, 0.29) is 44.5 Å². The van der Waals surface area contributed by atoms with Crippen molar-refractivity contribution in [3.8, 4) is 34.5 Å². The first-order valence-corrected chi connectivity index (χ1v) is 17.9. The molecule has 0 aliphatic heterocycles. The molecule has 0 radical (unpaired) electrons. The lowest BCUT2D eigenvalue weighted by atomic mass is 10.1. The smallest absolute Gasteiger partial charge is 0.343 e. The summed E-state index contributed by atoms with van der Waals surface area (Å²) in [6.07, 6.45) is 1.95. The third-order valence-electron chi connectivity index (χ3n) is 8.23. The number of rotatable bonds is 20. The van der Waals surface area contributed by atoms with Crippen LogP contribution in [0.2, 0.25) is 0 Å². The largest absolute Gasteiger partial charge is 0.457 e. The number of carbonyl (C=O) groups is 4. The van der Waals surface area contributed by atoms with Crippen LogP contribution in [-0.2, 0) is 40.2 Å². The average Bonchev–Trinajstić information content (AvgIpc) is 3.27. The van der Waals surface area contributed by atoms with Gasteiger partial charge < -0.3 is 38.2 Å². The van der Waals surface area contributed by atoms with Gasteiger partial charge in [0.25, 0.3) is 0 Å². The second-order valence-electron chi connectivity index (χ2n) is 12.1. The normalized spacial score (nSPS) is 10.6. The minimum absolute atomic E-state index is 0.122. The van der Waals surface area contributed by atoms with Gasteiger partial charge in [0, 0.05) is 33.7 Å². The lowest BCUT2D eigenvalue weighted by Gasteiger charge is -2.13. The van der Waals surface area contributed by atoms with Crippen molar-refractivity contribution >= 4 is 45.4 Å². The van der Waals surface area contributed by atoms with E-state index in [9.17, 15) is 19.2 Å². The maximum atomic E-state index is 13.0. The Balaban J connectivity index is 0.976. The Morgan fingerprint density at radius 3 is 1.49 bits per heavy atom. The van der Waals surface area contributed by atoms with E-state index in [0.29, 0.717) is 50.3 Å². The van der Waals surface area contributed by atoms with Gasteiger partial charge in [-0.05, 0) is 66.2 Å². The highest BCUT2D eigenvalue weighted by Gasteiger charge is 2.16. The summed E-state index contributed by atoms with van der Waals surface area (Å²) in [7, 11) is 0. The first-order valence-electron chi connectivity index (χ1n) is 17.9. The Hall–Kier alpha value is -7.68. The van der Waals surface area contributed by atoms with E-state index in [2.05, 4.69) is 13.2 Å². The van der Waals surface area contributed by atoms with E-state index in [1.165, 1.54) is 12.1 Å². The lowest BCUT2D eigenvalue weighted by Crippen LogP contribution is -2.13. The van der Waals surface area contributed by atoms with Crippen molar-refractivity contribution in [2.45, 2.75) is 13.0 Å². The zero-order valence-corrected chi connectivity index (χ0v) is 31.4. The van der Waals surface area contributed by atoms with E-state index in [0.717, 1.165) is 17.7 Å². The van der Waals surface area contributed by atoms with Crippen LogP contribution in [0.25, 0.3) is 21.5 Å². The topological polar surface area (TPSA) is 161 Å². The van der Waals surface area contributed by atoms with Crippen molar-refractivity contribution in [3.63, 3.8) is 0 Å². The standard InChI is InChI=1S/C45H36O14/c1-3-42(46)52-28-50-32-17-13-30(14-18-32)27-55-59-41-23-21-38(34-9-5-7-11-36(34)41)56-44(48)25-26-54-58-40-24-22-39(35-10-6-8-12-37(35)40)57-45(49)31-15-19-33(20-16-31)51-29-53-43(47)4-2/h3-24H,1-2,25-29H2. The Kier molecular flexibility index (Phi) is 14.2. The van der Waals surface area contributed by atoms with Crippen molar-refractivity contribution < 1.29 is 67.1 Å². The van der Waals surface area contributed by atoms with Gasteiger partial charge in [-0.3, -0.25) is 4.79 Å². The van der Waals surface area contributed by atoms with E-state index >= 15 is 0 Å². The Morgan fingerprint density at radius 1 is 0.508 bits per heavy atom. The number of ether oxygens (including phenoxy) is 6. The third kappa shape index (κ3) is 11.4. The molecular weight excluding hydrogens is 764 g/mol. The summed E-state index contributed by atoms with van der Waals surface area (Å²) in [4.78, 5) is 70.2. The minimum atomic E-state index is -0.619. The van der Waals surface area contributed by atoms with E-state index in [1.54, 1.807) is 91.0 Å². The van der Waals surface area contributed by atoms with Crippen LogP contribution in [0.4, 0.5) is 0 Å². The summed E-state index contributed by atoms with van der Waals surface area (Å²) in [5.74, 6) is -0.110. The van der Waals surface area contributed by atoms with Gasteiger partial charge >= 0.3 is 23.9 Å². The molecule has 0 heterocycles. The van der Waals surface area contributed by atoms with Crippen LogP contribution in [-0.4, -0.2) is 44.1 Å². The fourth-order valence-corrected chi connectivity index (χ4v) is 5.33. The van der Waals surface area contributed by atoms with Gasteiger partial charge in [0.1, 0.15) is 36.2 Å². The highest BCUT2D eigenvalue weighted by molar-refractivity contribution is 5.98. The zero-order valence-electron chi connectivity index (χ0n) is 31.4. The van der Waals surface area contributed by atoms with Crippen molar-refractivity contribution in [2.24, 2.45) is 0 Å². The number of hydrogen-bond donors (Lipinski definition) is 0. The molecule has 0 N–H and O–H groups in total. The quantitative estimate of drug-likeness (QED) is 0.0138. The van der Waals surface area contributed by atoms with Gasteiger partial charge in [0.2, 0.25) is 13.6 Å². The summed E-state index contributed by atoms with van der Waals surface area (Å²) in [6, 6.07) is 33.8. The molecule has 14 heteroatoms. The van der Waals surface area contributed by atoms with Crippen LogP contribution in [0.1, 0.15) is 22.3 Å². The maximum Gasteiger partial charge on any atom is 0.343 e. The minimum Gasteiger partial charge on any atom is -0.457 e. The molecule has 6 aromatic carbocycles. The van der Waals surface area contributed by atoms with Crippen LogP contribution in [0.15, 0.2) is 147 Å². The molecular formula is C45H36O14. The Morgan fingerprint density at radius 2 is 0.966 bits per heavy atom. The first kappa shape index (κ1) is 41.0. The zero-order chi connectivity index (χ0) is 41.4. The van der Waals surface area contributed by atoms with Crippen molar-refractivity contribution in [2.75, 3.05) is 20.2 Å². The number of carbonyl (C=O) groups excluding carboxylic acids is 4. The first-order chi connectivity index (χ1) is 28.8. The molecule has 0 aliphatic carbocycles. The van der Waals surface area contributed by atoms with Gasteiger partial charge in [-0.2, -0.15) is 9.78 Å². The molecule has 14 nitrogen and oxygen atoms in total. The molecule has 0 bridgehead atoms. The summed E-state index contributed by atoms with van der Waals surface area (Å²) in [6.45, 7) is 6.10. The monoisotopic (exact) mass is 800 g/mol. The van der Waals surface area contributed by atoms with Gasteiger partial charge in [-0.1, -0.05) is 73.8 Å². The van der Waals surface area contributed by atoms with Gasteiger partial charge in [-0.25, -0.2) is 14.4 Å². The average molecular weight is 801 g/mol. The predicted molar refractivity (Wildman–Crippen MR) is 212 cm³/mol. The van der Waals surface area contributed by atoms with Crippen molar-refractivity contribution in [1.82, 2.24) is 0 Å². The predicted octanol–water partition coefficient (Wildman–Crippen LogP) is 8.16. The molecule has 0 fully saturated rings. The molecule has 0 saturated heterocycles. The summed E-state index contributed by atoms with van der Waals surface area (Å²) in [5, 5.41) is 2.47. The number of esters is 4. The van der Waals surface area contributed by atoms with Crippen LogP contribution in [0.5, 0.6) is 34.5 Å². The molecule has 0 unspecified atom stereocenters. The van der Waals surface area contributed by atoms with Gasteiger partial charge in [0.05, 0.1) is 12.0 Å². The molecule has 6 aromatic rings. The Labute approximate surface area is 337 Å². The second kappa shape index (κ2) is 20.5. The molecule has 0 aromatic heterocycles. The number of fused-ring (bicyclic) bond motifs is 2. The van der Waals surface area contributed by atoms with Crippen molar-refractivity contribution in [3.05, 3.63) is 158 Å². The van der Waals surface area contributed by atoms with Gasteiger partial charge in [-0.15, -0.1) is 0 Å². The highest BCUT2D eigenvalue weighted by Crippen LogP contribution is 2.35. The SMILES string of the molecule is C=CC(=O)OCOc1ccc(COOc2ccc(OC(=O)CCOOc3ccc(OC(=O)c4ccc(OCOC(=O)C=C)cc4)c4ccccc34)c3ccccc23)cc1. The fourth-order valence-electron chi connectivity index (χ4n) is 5.33. The lowest BCUT2D eigenvalue weighted by molar-refractivity contribution is -0.216. The molecule has 6 rings (SSSR count). The number of benzene rings is 6. The molecule has 59 heavy (non-hydrogen) atoms. The van der Waals surface area contributed by atoms with Crippen LogP contribution >= 0.6 is 0 Å². The fraction of sp³-hybridized carbons (Fsp3) is 0.111. The molecule has 0 spiro atoms. The second-order valence-corrected chi connectivity index (χ2v) is 12.1. The summed E-state index contributed by atoms with van der Waals surface area (Å²) >= 11 is 0. The Bertz CT molecular complexity index is 2440. The number of hydrogen-bond acceptors (Lipinski definition) is 14. The van der Waals surface area contributed by atoms with Gasteiger partial charge in [0.15, 0.2) is 11.5 Å². The molecule has 0 amide bonds. The molecule has 300 valence electrons. The third-order valence-corrected chi connectivity index (χ3v) is 8.23. The summed E-state index contributed by atoms with van der Waals surface area (Å²) < 4.78 is 31.6.